The summed E-state index contributed by atoms with van der Waals surface area (Å²) in [6.07, 6.45) is 1.50. The van der Waals surface area contributed by atoms with Crippen LogP contribution in [0, 0.1) is 11.3 Å². The molecule has 0 spiro atoms. The van der Waals surface area contributed by atoms with E-state index in [0.717, 1.165) is 10.7 Å². The Morgan fingerprint density at radius 2 is 2.67 bits per heavy atom. The highest BCUT2D eigenvalue weighted by atomic mass is 32.2. The second-order valence-electron chi connectivity index (χ2n) is 1.68. The lowest BCUT2D eigenvalue weighted by Crippen LogP contribution is -2.00. The van der Waals surface area contributed by atoms with Gasteiger partial charge in [0.1, 0.15) is 0 Å². The van der Waals surface area contributed by atoms with Gasteiger partial charge in [-0.25, -0.2) is 0 Å². The minimum absolute atomic E-state index is 0.912. The molecule has 0 radical (unpaired) electrons. The number of hydrogen-bond acceptors (Lipinski definition) is 3. The maximum Gasteiger partial charge on any atom is 0.0939 e. The van der Waals surface area contributed by atoms with Crippen LogP contribution in [-0.2, 0) is 0 Å². The van der Waals surface area contributed by atoms with Crippen LogP contribution in [-0.4, -0.2) is 0 Å². The summed E-state index contributed by atoms with van der Waals surface area (Å²) in [5.74, 6) is 0. The normalized spacial score (nSPS) is 20.9. The third-order valence-corrected chi connectivity index (χ3v) is 1.82. The molecule has 0 unspecified atom stereocenters. The Labute approximate surface area is 58.2 Å². The predicted octanol–water partition coefficient (Wildman–Crippen LogP) is 1.55. The maximum absolute atomic E-state index is 8.21. The van der Waals surface area contributed by atoms with Gasteiger partial charge >= 0.3 is 0 Å². The lowest BCUT2D eigenvalue weighted by molar-refractivity contribution is 1.06. The SMILES string of the molecule is CC1=CSC(=CC#N)N1. The zero-order valence-electron chi connectivity index (χ0n) is 5.01. The molecule has 0 aromatic heterocycles. The van der Waals surface area contributed by atoms with Gasteiger partial charge in [-0.2, -0.15) is 5.26 Å². The minimum atomic E-state index is 0.912. The lowest BCUT2D eigenvalue weighted by atomic mass is 10.5. The Hall–Kier alpha value is -0.880. The molecule has 0 aromatic carbocycles. The van der Waals surface area contributed by atoms with Crippen LogP contribution in [0.3, 0.4) is 0 Å². The fourth-order valence-electron chi connectivity index (χ4n) is 0.534. The van der Waals surface area contributed by atoms with Gasteiger partial charge in [0.25, 0.3) is 0 Å². The third kappa shape index (κ3) is 1.51. The molecule has 0 atom stereocenters. The van der Waals surface area contributed by atoms with E-state index < -0.39 is 0 Å². The fourth-order valence-corrected chi connectivity index (χ4v) is 1.24. The van der Waals surface area contributed by atoms with Crippen LogP contribution in [0.15, 0.2) is 22.2 Å². The van der Waals surface area contributed by atoms with E-state index in [-0.39, 0.29) is 0 Å². The van der Waals surface area contributed by atoms with Crippen molar-refractivity contribution in [3.8, 4) is 6.07 Å². The molecule has 46 valence electrons. The molecule has 1 heterocycles. The van der Waals surface area contributed by atoms with E-state index in [0.29, 0.717) is 0 Å². The molecule has 1 rings (SSSR count). The van der Waals surface area contributed by atoms with Gasteiger partial charge in [-0.1, -0.05) is 11.8 Å². The van der Waals surface area contributed by atoms with E-state index in [2.05, 4.69) is 5.32 Å². The molecular formula is C6H6N2S. The second-order valence-corrected chi connectivity index (χ2v) is 2.59. The summed E-state index contributed by atoms with van der Waals surface area (Å²) in [4.78, 5) is 0. The average Bonchev–Trinajstić information content (AvgIpc) is 2.17. The molecule has 0 saturated heterocycles. The molecule has 9 heavy (non-hydrogen) atoms. The van der Waals surface area contributed by atoms with Crippen LogP contribution in [0.1, 0.15) is 6.92 Å². The summed E-state index contributed by atoms with van der Waals surface area (Å²) in [5.41, 5.74) is 1.10. The minimum Gasteiger partial charge on any atom is -0.353 e. The zero-order chi connectivity index (χ0) is 6.69. The van der Waals surface area contributed by atoms with Crippen LogP contribution in [0.2, 0.25) is 0 Å². The largest absolute Gasteiger partial charge is 0.353 e. The number of hydrogen-bond donors (Lipinski definition) is 1. The summed E-state index contributed by atoms with van der Waals surface area (Å²) in [7, 11) is 0. The van der Waals surface area contributed by atoms with Crippen molar-refractivity contribution in [1.82, 2.24) is 5.32 Å². The van der Waals surface area contributed by atoms with Gasteiger partial charge < -0.3 is 5.32 Å². The highest BCUT2D eigenvalue weighted by molar-refractivity contribution is 8.06. The van der Waals surface area contributed by atoms with Gasteiger partial charge in [-0.3, -0.25) is 0 Å². The van der Waals surface area contributed by atoms with E-state index in [9.17, 15) is 0 Å². The van der Waals surface area contributed by atoms with Gasteiger partial charge in [-0.15, -0.1) is 0 Å². The third-order valence-electron chi connectivity index (χ3n) is 0.879. The number of thioether (sulfide) groups is 1. The highest BCUT2D eigenvalue weighted by Gasteiger charge is 2.02. The topological polar surface area (TPSA) is 35.8 Å². The first-order chi connectivity index (χ1) is 4.33. The summed E-state index contributed by atoms with van der Waals surface area (Å²) < 4.78 is 0. The van der Waals surface area contributed by atoms with Gasteiger partial charge in [0.2, 0.25) is 0 Å². The standard InChI is InChI=1S/C6H6N2S/c1-5-4-9-6(8-5)2-3-7/h2,4,8H,1H3. The molecule has 0 bridgehead atoms. The molecule has 0 aliphatic carbocycles. The molecular weight excluding hydrogens is 132 g/mol. The predicted molar refractivity (Wildman–Crippen MR) is 38.2 cm³/mol. The van der Waals surface area contributed by atoms with Crippen LogP contribution in [0.5, 0.6) is 0 Å². The number of rotatable bonds is 0. The van der Waals surface area contributed by atoms with Crippen molar-refractivity contribution < 1.29 is 0 Å². The summed E-state index contributed by atoms with van der Waals surface area (Å²) in [6.45, 7) is 1.96. The first-order valence-electron chi connectivity index (χ1n) is 2.53. The van der Waals surface area contributed by atoms with Crippen LogP contribution >= 0.6 is 11.8 Å². The average molecular weight is 138 g/mol. The molecule has 0 aromatic rings. The number of allylic oxidation sites excluding steroid dienone is 2. The smallest absolute Gasteiger partial charge is 0.0939 e. The van der Waals surface area contributed by atoms with Crippen LogP contribution in [0.4, 0.5) is 0 Å². The van der Waals surface area contributed by atoms with Gasteiger partial charge in [0.15, 0.2) is 0 Å². The molecule has 1 N–H and O–H groups in total. The zero-order valence-corrected chi connectivity index (χ0v) is 5.83. The number of nitrogens with one attached hydrogen (secondary N) is 1. The number of nitriles is 1. The lowest BCUT2D eigenvalue weighted by Gasteiger charge is -1.93. The van der Waals surface area contributed by atoms with Gasteiger partial charge in [0, 0.05) is 11.8 Å². The Balaban J connectivity index is 2.58. The molecule has 0 fully saturated rings. The molecule has 1 aliphatic rings. The Morgan fingerprint density at radius 1 is 1.89 bits per heavy atom. The van der Waals surface area contributed by atoms with E-state index in [4.69, 9.17) is 5.26 Å². The van der Waals surface area contributed by atoms with Crippen molar-refractivity contribution in [1.29, 1.82) is 5.26 Å². The van der Waals surface area contributed by atoms with E-state index >= 15 is 0 Å². The van der Waals surface area contributed by atoms with Gasteiger partial charge in [-0.05, 0) is 12.3 Å². The van der Waals surface area contributed by atoms with E-state index in [1.54, 1.807) is 11.8 Å². The van der Waals surface area contributed by atoms with Gasteiger partial charge in [0.05, 0.1) is 11.1 Å². The molecule has 3 heteroatoms. The summed E-state index contributed by atoms with van der Waals surface area (Å²) >= 11 is 1.54. The summed E-state index contributed by atoms with van der Waals surface area (Å²) in [6, 6.07) is 1.95. The van der Waals surface area contributed by atoms with Crippen LogP contribution in [0.25, 0.3) is 0 Å². The first-order valence-corrected chi connectivity index (χ1v) is 3.41. The van der Waals surface area contributed by atoms with Crippen molar-refractivity contribution >= 4 is 11.8 Å². The van der Waals surface area contributed by atoms with Crippen molar-refractivity contribution in [2.45, 2.75) is 6.92 Å². The Morgan fingerprint density at radius 3 is 3.11 bits per heavy atom. The van der Waals surface area contributed by atoms with Crippen molar-refractivity contribution in [2.75, 3.05) is 0 Å². The monoisotopic (exact) mass is 138 g/mol. The van der Waals surface area contributed by atoms with Crippen molar-refractivity contribution in [3.63, 3.8) is 0 Å². The van der Waals surface area contributed by atoms with E-state index in [1.165, 1.54) is 6.08 Å². The quantitative estimate of drug-likeness (QED) is 0.516. The van der Waals surface area contributed by atoms with Crippen molar-refractivity contribution in [3.05, 3.63) is 22.2 Å². The Kier molecular flexibility index (Phi) is 1.81. The molecule has 2 nitrogen and oxygen atoms in total. The first kappa shape index (κ1) is 6.24. The Bertz CT molecular complexity index is 210. The molecule has 0 saturated carbocycles. The fraction of sp³-hybridized carbons (Fsp3) is 0.167. The second kappa shape index (κ2) is 2.60. The highest BCUT2D eigenvalue weighted by Crippen LogP contribution is 2.22. The molecule has 0 amide bonds. The molecule has 1 aliphatic heterocycles. The summed E-state index contributed by atoms with van der Waals surface area (Å²) in [5, 5.41) is 14.1. The maximum atomic E-state index is 8.21. The van der Waals surface area contributed by atoms with Crippen molar-refractivity contribution in [2.24, 2.45) is 0 Å². The van der Waals surface area contributed by atoms with Crippen LogP contribution < -0.4 is 5.32 Å². The number of nitrogens with zero attached hydrogens (tertiary/aromatic N) is 1. The van der Waals surface area contributed by atoms with E-state index in [1.807, 2.05) is 18.4 Å².